The van der Waals surface area contributed by atoms with E-state index in [-0.39, 0.29) is 18.5 Å². The van der Waals surface area contributed by atoms with Crippen molar-refractivity contribution in [2.45, 2.75) is 45.2 Å². The number of nitrogens with zero attached hydrogens (tertiary/aromatic N) is 1. The van der Waals surface area contributed by atoms with Gasteiger partial charge in [-0.3, -0.25) is 14.4 Å². The van der Waals surface area contributed by atoms with Gasteiger partial charge in [0.25, 0.3) is 0 Å². The van der Waals surface area contributed by atoms with Crippen LogP contribution >= 0.6 is 0 Å². The van der Waals surface area contributed by atoms with Gasteiger partial charge in [-0.25, -0.2) is 0 Å². The van der Waals surface area contributed by atoms with E-state index in [9.17, 15) is 19.5 Å². The van der Waals surface area contributed by atoms with Crippen molar-refractivity contribution in [1.82, 2.24) is 15.5 Å². The summed E-state index contributed by atoms with van der Waals surface area (Å²) in [6, 6.07) is -9.43. The Morgan fingerprint density at radius 3 is 2.77 bits per heavy atom. The molecule has 1 aliphatic heterocycles. The smallest absolute Gasteiger partial charge is 0.249 e. The van der Waals surface area contributed by atoms with Crippen LogP contribution in [-0.2, 0) is 20.8 Å². The summed E-state index contributed by atoms with van der Waals surface area (Å²) in [4.78, 5) is 39.9. The van der Waals surface area contributed by atoms with Gasteiger partial charge in [0, 0.05) is 17.7 Å². The van der Waals surface area contributed by atoms with Gasteiger partial charge < -0.3 is 20.6 Å². The summed E-state index contributed by atoms with van der Waals surface area (Å²) >= 11 is 0. The molecule has 0 fully saturated rings. The third-order valence-electron chi connectivity index (χ3n) is 3.76. The van der Waals surface area contributed by atoms with Crippen LogP contribution < -0.4 is 10.6 Å². The summed E-state index contributed by atoms with van der Waals surface area (Å²) < 4.78 is 80.2. The minimum absolute atomic E-state index is 0.104. The molecule has 0 saturated heterocycles. The van der Waals surface area contributed by atoms with Crippen molar-refractivity contribution in [3.8, 4) is 0 Å². The zero-order valence-corrected chi connectivity index (χ0v) is 14.6. The lowest BCUT2D eigenvalue weighted by Gasteiger charge is -2.24. The minimum Gasteiger partial charge on any atom is -0.383 e. The van der Waals surface area contributed by atoms with E-state index in [1.165, 1.54) is 26.2 Å². The average molecular weight is 372 g/mol. The molecule has 3 N–H and O–H groups in total. The second kappa shape index (κ2) is 8.31. The van der Waals surface area contributed by atoms with Crippen LogP contribution in [0.25, 0.3) is 0 Å². The van der Waals surface area contributed by atoms with Crippen LogP contribution in [0.1, 0.15) is 51.6 Å². The molecule has 2 rings (SSSR count). The molecule has 0 bridgehead atoms. The van der Waals surface area contributed by atoms with E-state index in [2.05, 4.69) is 0 Å². The molecule has 142 valence electrons. The first-order chi connectivity index (χ1) is 16.1. The maximum Gasteiger partial charge on any atom is 0.249 e. The molecule has 0 spiro atoms. The van der Waals surface area contributed by atoms with E-state index in [4.69, 9.17) is 13.7 Å². The predicted octanol–water partition coefficient (Wildman–Crippen LogP) is 0.380. The van der Waals surface area contributed by atoms with E-state index in [0.29, 0.717) is 0 Å². The first kappa shape index (κ1) is 10.1. The van der Waals surface area contributed by atoms with Crippen molar-refractivity contribution in [3.05, 3.63) is 35.3 Å². The van der Waals surface area contributed by atoms with E-state index >= 15 is 0 Å². The van der Waals surface area contributed by atoms with Gasteiger partial charge in [-0.1, -0.05) is 38.0 Å². The first-order valence-electron chi connectivity index (χ1n) is 12.9. The molecule has 0 saturated carbocycles. The molecule has 1 heterocycles. The van der Waals surface area contributed by atoms with Gasteiger partial charge >= 0.3 is 0 Å². The lowest BCUT2D eigenvalue weighted by Crippen LogP contribution is -2.51. The Hall–Kier alpha value is -2.41. The number of amides is 3. The maximum atomic E-state index is 13.2. The number of aliphatic hydroxyl groups is 1. The quantitative estimate of drug-likeness (QED) is 0.697. The highest BCUT2D eigenvalue weighted by Gasteiger charge is 2.32. The van der Waals surface area contributed by atoms with Gasteiger partial charge in [0.05, 0.1) is 9.60 Å². The second-order valence-electron chi connectivity index (χ2n) is 6.03. The molecule has 0 aliphatic carbocycles. The lowest BCUT2D eigenvalue weighted by molar-refractivity contribution is -0.137. The summed E-state index contributed by atoms with van der Waals surface area (Å²) in [5.74, 6) is -5.85. The topological polar surface area (TPSA) is 98.7 Å². The van der Waals surface area contributed by atoms with Crippen LogP contribution in [-0.4, -0.2) is 53.4 Å². The fourth-order valence-electron chi connectivity index (χ4n) is 2.21. The summed E-state index contributed by atoms with van der Waals surface area (Å²) in [7, 11) is 1.24. The highest BCUT2D eigenvalue weighted by atomic mass is 16.3. The SMILES string of the molecule is [2H]c1c([2H])c([2H])c2c(c1[2H])CCN(C)C(=O)[C@@]2([2H])NC(=O)[C@@]([2H])(NC(=O)[C@@]([2H])(O)C(C)C)C([2H])([2H])[2H]. The third-order valence-corrected chi connectivity index (χ3v) is 3.76. The van der Waals surface area contributed by atoms with Crippen molar-refractivity contribution in [1.29, 1.82) is 0 Å². The highest BCUT2D eigenvalue weighted by molar-refractivity contribution is 5.93. The lowest BCUT2D eigenvalue weighted by atomic mass is 9.99. The van der Waals surface area contributed by atoms with Gasteiger partial charge in [0.1, 0.15) is 18.1 Å². The van der Waals surface area contributed by atoms with Crippen LogP contribution in [0.4, 0.5) is 0 Å². The molecule has 1 aliphatic rings. The summed E-state index contributed by atoms with van der Waals surface area (Å²) in [5, 5.41) is 13.4. The number of nitrogens with one attached hydrogen (secondary N) is 2. The van der Waals surface area contributed by atoms with Crippen LogP contribution in [0.15, 0.2) is 24.2 Å². The number of carbonyl (C=O) groups excluding carboxylic acids is 3. The molecular weight excluding hydrogens is 334 g/mol. The molecule has 0 unspecified atom stereocenters. The second-order valence-corrected chi connectivity index (χ2v) is 6.03. The van der Waals surface area contributed by atoms with E-state index in [0.717, 1.165) is 4.90 Å². The Kier molecular flexibility index (Phi) is 3.22. The third kappa shape index (κ3) is 4.40. The Morgan fingerprint density at radius 2 is 2.12 bits per heavy atom. The Morgan fingerprint density at radius 1 is 1.42 bits per heavy atom. The van der Waals surface area contributed by atoms with Crippen molar-refractivity contribution in [3.63, 3.8) is 0 Å². The molecule has 7 heteroatoms. The normalized spacial score (nSPS) is 30.7. The summed E-state index contributed by atoms with van der Waals surface area (Å²) in [6.07, 6.45) is -3.05. The fourth-order valence-corrected chi connectivity index (χ4v) is 2.21. The standard InChI is InChI=1S/C19H27N3O4/c1-11(2)16(23)18(25)20-12(3)17(24)21-15-14-8-6-5-7-13(14)9-10-22(4)19(15)26/h5-8,11-12,15-16,23H,9-10H2,1-4H3,(H,20,25)(H,21,24)/t12-,15-,16-/m0/s1/i3D3,5D,6D,7D,8D,12D,15D,16D. The van der Waals surface area contributed by atoms with Gasteiger partial charge in [-0.2, -0.15) is 0 Å². The van der Waals surface area contributed by atoms with Crippen molar-refractivity contribution < 1.29 is 33.2 Å². The van der Waals surface area contributed by atoms with Crippen molar-refractivity contribution >= 4 is 17.7 Å². The molecule has 3 amide bonds. The minimum atomic E-state index is -3.63. The van der Waals surface area contributed by atoms with Crippen LogP contribution in [0.3, 0.4) is 0 Å². The number of rotatable bonds is 5. The summed E-state index contributed by atoms with van der Waals surface area (Å²) in [5.41, 5.74) is -0.794. The first-order valence-corrected chi connectivity index (χ1v) is 7.87. The zero-order valence-electron chi connectivity index (χ0n) is 24.6. The number of hydrogen-bond acceptors (Lipinski definition) is 4. The van der Waals surface area contributed by atoms with Crippen LogP contribution in [0, 0.1) is 5.92 Å². The summed E-state index contributed by atoms with van der Waals surface area (Å²) in [6.45, 7) is -1.21. The number of carbonyl (C=O) groups is 3. The molecule has 3 atom stereocenters. The molecule has 26 heavy (non-hydrogen) atoms. The van der Waals surface area contributed by atoms with Gasteiger partial charge in [-0.05, 0) is 30.3 Å². The van der Waals surface area contributed by atoms with Crippen molar-refractivity contribution in [2.24, 2.45) is 5.92 Å². The molecule has 0 radical (unpaired) electrons. The number of hydrogen-bond donors (Lipinski definition) is 3. The largest absolute Gasteiger partial charge is 0.383 e. The van der Waals surface area contributed by atoms with Crippen LogP contribution in [0.2, 0.25) is 0 Å². The van der Waals surface area contributed by atoms with Crippen LogP contribution in [0.5, 0.6) is 0 Å². The van der Waals surface area contributed by atoms with E-state index in [1.807, 2.05) is 0 Å². The average Bonchev–Trinajstić information content (AvgIpc) is 2.85. The monoisotopic (exact) mass is 371 g/mol. The van der Waals surface area contributed by atoms with E-state index in [1.54, 1.807) is 5.32 Å². The van der Waals surface area contributed by atoms with E-state index < -0.39 is 78.3 Å². The molecule has 1 aromatic rings. The number of fused-ring (bicyclic) bond motifs is 1. The Labute approximate surface area is 167 Å². The molecular formula is C19H27N3O4. The maximum absolute atomic E-state index is 13.2. The Bertz CT molecular complexity index is 1110. The number of benzene rings is 1. The molecule has 7 nitrogen and oxygen atoms in total. The van der Waals surface area contributed by atoms with Gasteiger partial charge in [-0.15, -0.1) is 0 Å². The number of likely N-dealkylation sites (N-methyl/N-ethyl adjacent to an activating group) is 1. The van der Waals surface area contributed by atoms with Gasteiger partial charge in [0.15, 0.2) is 0 Å². The molecule has 0 aromatic heterocycles. The van der Waals surface area contributed by atoms with Crippen molar-refractivity contribution in [2.75, 3.05) is 13.6 Å². The fraction of sp³-hybridized carbons (Fsp3) is 0.526. The Balaban J connectivity index is 2.71. The van der Waals surface area contributed by atoms with Gasteiger partial charge in [0.2, 0.25) is 17.7 Å². The predicted molar refractivity (Wildman–Crippen MR) is 97.1 cm³/mol. The molecule has 1 aromatic carbocycles. The zero-order chi connectivity index (χ0) is 28.2. The highest BCUT2D eigenvalue weighted by Crippen LogP contribution is 2.24.